The molecule has 38 heavy (non-hydrogen) atoms. The van der Waals surface area contributed by atoms with Crippen molar-refractivity contribution in [2.24, 2.45) is 0 Å². The SMILES string of the molecule is CCS(=O)c1ncc(-c2ccc(-c3cc(C(F)(F)F)c(C#N)c(=O)n3Cc3ccc(F)cc3F)s2)cc1C. The Morgan fingerprint density at radius 3 is 2.42 bits per heavy atom. The number of halogens is 5. The smallest absolute Gasteiger partial charge is 0.302 e. The number of nitriles is 1. The summed E-state index contributed by atoms with van der Waals surface area (Å²) in [6.45, 7) is 2.98. The van der Waals surface area contributed by atoms with Gasteiger partial charge in [0.15, 0.2) is 0 Å². The van der Waals surface area contributed by atoms with Crippen LogP contribution in [0.15, 0.2) is 58.5 Å². The van der Waals surface area contributed by atoms with Crippen LogP contribution in [-0.2, 0) is 23.5 Å². The zero-order chi connectivity index (χ0) is 27.8. The molecule has 1 unspecified atom stereocenters. The molecule has 1 aromatic carbocycles. The molecule has 5 nitrogen and oxygen atoms in total. The second kappa shape index (κ2) is 10.6. The fraction of sp³-hybridized carbons (Fsp3) is 0.192. The van der Waals surface area contributed by atoms with Gasteiger partial charge in [-0.25, -0.2) is 13.8 Å². The highest BCUT2D eigenvalue weighted by molar-refractivity contribution is 7.85. The van der Waals surface area contributed by atoms with Crippen LogP contribution in [0, 0.1) is 29.9 Å². The summed E-state index contributed by atoms with van der Waals surface area (Å²) in [6, 6.07) is 9.55. The van der Waals surface area contributed by atoms with Crippen LogP contribution in [0.25, 0.3) is 21.0 Å². The maximum Gasteiger partial charge on any atom is 0.417 e. The predicted molar refractivity (Wildman–Crippen MR) is 134 cm³/mol. The Kier molecular flexibility index (Phi) is 7.62. The molecule has 196 valence electrons. The van der Waals surface area contributed by atoms with Crippen LogP contribution < -0.4 is 5.56 Å². The van der Waals surface area contributed by atoms with Crippen molar-refractivity contribution in [1.82, 2.24) is 9.55 Å². The second-order valence-corrected chi connectivity index (χ2v) is 10.9. The number of hydrogen-bond acceptors (Lipinski definition) is 5. The van der Waals surface area contributed by atoms with Crippen LogP contribution in [0.5, 0.6) is 0 Å². The standard InChI is InChI=1S/C26H18F5N3O2S2/c1-3-38(36)24-14(2)8-16(12-33-24)22-6-7-23(37-22)21-10-19(26(29,30)31)18(11-32)25(35)34(21)13-15-4-5-17(27)9-20(15)28/h4-10,12H,3,13H2,1-2H3. The van der Waals surface area contributed by atoms with Gasteiger partial charge in [0.1, 0.15) is 28.3 Å². The first-order valence-electron chi connectivity index (χ1n) is 11.1. The van der Waals surface area contributed by atoms with Gasteiger partial charge in [-0.2, -0.15) is 18.4 Å². The average Bonchev–Trinajstić information content (AvgIpc) is 3.35. The Bertz CT molecular complexity index is 1670. The first-order valence-corrected chi connectivity index (χ1v) is 13.2. The summed E-state index contributed by atoms with van der Waals surface area (Å²) >= 11 is 1.06. The van der Waals surface area contributed by atoms with E-state index in [4.69, 9.17) is 0 Å². The number of aromatic nitrogens is 2. The predicted octanol–water partition coefficient (Wildman–Crippen LogP) is 6.29. The van der Waals surface area contributed by atoms with E-state index < -0.39 is 51.8 Å². The maximum atomic E-state index is 14.4. The minimum atomic E-state index is -4.99. The summed E-state index contributed by atoms with van der Waals surface area (Å²) in [5, 5.41) is 9.79. The van der Waals surface area contributed by atoms with Gasteiger partial charge < -0.3 is 4.57 Å². The molecule has 0 saturated heterocycles. The van der Waals surface area contributed by atoms with Crippen molar-refractivity contribution in [2.75, 3.05) is 5.75 Å². The van der Waals surface area contributed by atoms with Gasteiger partial charge in [-0.05, 0) is 42.8 Å². The molecule has 0 amide bonds. The molecule has 12 heteroatoms. The van der Waals surface area contributed by atoms with E-state index in [1.54, 1.807) is 26.0 Å². The molecule has 4 aromatic rings. The van der Waals surface area contributed by atoms with E-state index in [9.17, 15) is 36.2 Å². The van der Waals surface area contributed by atoms with E-state index in [2.05, 4.69) is 4.98 Å². The topological polar surface area (TPSA) is 75.8 Å². The average molecular weight is 564 g/mol. The number of rotatable bonds is 6. The van der Waals surface area contributed by atoms with Crippen LogP contribution >= 0.6 is 11.3 Å². The Hall–Kier alpha value is -3.69. The minimum Gasteiger partial charge on any atom is -0.302 e. The third-order valence-corrected chi connectivity index (χ3v) is 8.25. The van der Waals surface area contributed by atoms with Gasteiger partial charge in [0.2, 0.25) is 0 Å². The van der Waals surface area contributed by atoms with Crippen LogP contribution in [0.2, 0.25) is 0 Å². The summed E-state index contributed by atoms with van der Waals surface area (Å²) in [7, 11) is -1.27. The first kappa shape index (κ1) is 27.3. The van der Waals surface area contributed by atoms with Crippen molar-refractivity contribution < 1.29 is 26.2 Å². The Balaban J connectivity index is 1.89. The molecule has 4 rings (SSSR count). The molecule has 0 radical (unpaired) electrons. The quantitative estimate of drug-likeness (QED) is 0.259. The number of aryl methyl sites for hydroxylation is 1. The summed E-state index contributed by atoms with van der Waals surface area (Å²) in [6.07, 6.45) is -3.49. The molecule has 1 atom stereocenters. The lowest BCUT2D eigenvalue weighted by Gasteiger charge is -2.17. The minimum absolute atomic E-state index is 0.144. The van der Waals surface area contributed by atoms with E-state index in [1.165, 1.54) is 18.3 Å². The summed E-state index contributed by atoms with van der Waals surface area (Å²) in [5.41, 5.74) is -2.81. The highest BCUT2D eigenvalue weighted by Crippen LogP contribution is 2.38. The van der Waals surface area contributed by atoms with Crippen LogP contribution in [0.4, 0.5) is 22.0 Å². The normalized spacial score (nSPS) is 12.4. The first-order chi connectivity index (χ1) is 17.9. The Morgan fingerprint density at radius 2 is 1.82 bits per heavy atom. The summed E-state index contributed by atoms with van der Waals surface area (Å²) < 4.78 is 82.2. The molecule has 0 aliphatic rings. The molecule has 0 aliphatic heterocycles. The fourth-order valence-electron chi connectivity index (χ4n) is 3.86. The number of benzene rings is 1. The number of nitrogens with zero attached hydrogens (tertiary/aromatic N) is 3. The number of alkyl halides is 3. The molecule has 0 N–H and O–H groups in total. The van der Waals surface area contributed by atoms with Gasteiger partial charge in [0, 0.05) is 34.0 Å². The third kappa shape index (κ3) is 5.30. The van der Waals surface area contributed by atoms with E-state index >= 15 is 0 Å². The van der Waals surface area contributed by atoms with Crippen LogP contribution in [0.3, 0.4) is 0 Å². The van der Waals surface area contributed by atoms with E-state index in [1.807, 2.05) is 0 Å². The highest BCUT2D eigenvalue weighted by atomic mass is 32.2. The molecule has 0 fully saturated rings. The maximum absolute atomic E-state index is 14.4. The van der Waals surface area contributed by atoms with Crippen molar-refractivity contribution in [1.29, 1.82) is 5.26 Å². The van der Waals surface area contributed by atoms with Crippen molar-refractivity contribution in [3.8, 4) is 27.1 Å². The van der Waals surface area contributed by atoms with Gasteiger partial charge in [0.05, 0.1) is 33.5 Å². The molecule has 3 heterocycles. The van der Waals surface area contributed by atoms with E-state index in [0.717, 1.165) is 28.0 Å². The van der Waals surface area contributed by atoms with Crippen molar-refractivity contribution in [2.45, 2.75) is 31.6 Å². The molecule has 0 aliphatic carbocycles. The summed E-state index contributed by atoms with van der Waals surface area (Å²) in [4.78, 5) is 18.2. The lowest BCUT2D eigenvalue weighted by Crippen LogP contribution is -2.28. The van der Waals surface area contributed by atoms with Crippen molar-refractivity contribution in [3.05, 3.63) is 92.9 Å². The molecule has 0 spiro atoms. The lowest BCUT2D eigenvalue weighted by atomic mass is 10.1. The van der Waals surface area contributed by atoms with E-state index in [-0.39, 0.29) is 16.1 Å². The molecule has 3 aromatic heterocycles. The van der Waals surface area contributed by atoms with Gasteiger partial charge >= 0.3 is 6.18 Å². The zero-order valence-corrected chi connectivity index (χ0v) is 21.5. The fourth-order valence-corrected chi connectivity index (χ4v) is 5.74. The van der Waals surface area contributed by atoms with Crippen molar-refractivity contribution >= 4 is 22.1 Å². The number of hydrogen-bond donors (Lipinski definition) is 0. The van der Waals surface area contributed by atoms with Gasteiger partial charge in [-0.15, -0.1) is 11.3 Å². The molecule has 0 bridgehead atoms. The number of thiophene rings is 1. The Labute approximate surface area is 220 Å². The van der Waals surface area contributed by atoms with Crippen molar-refractivity contribution in [3.63, 3.8) is 0 Å². The van der Waals surface area contributed by atoms with Gasteiger partial charge in [-0.1, -0.05) is 13.0 Å². The Morgan fingerprint density at radius 1 is 1.11 bits per heavy atom. The zero-order valence-electron chi connectivity index (χ0n) is 19.9. The highest BCUT2D eigenvalue weighted by Gasteiger charge is 2.37. The van der Waals surface area contributed by atoms with Gasteiger partial charge in [-0.3, -0.25) is 9.00 Å². The van der Waals surface area contributed by atoms with Crippen LogP contribution in [0.1, 0.15) is 29.2 Å². The van der Waals surface area contributed by atoms with Crippen LogP contribution in [-0.4, -0.2) is 19.5 Å². The van der Waals surface area contributed by atoms with E-state index in [0.29, 0.717) is 38.9 Å². The lowest BCUT2D eigenvalue weighted by molar-refractivity contribution is -0.137. The monoisotopic (exact) mass is 563 g/mol. The third-order valence-electron chi connectivity index (χ3n) is 5.71. The second-order valence-electron chi connectivity index (χ2n) is 8.20. The number of pyridine rings is 2. The molecular formula is C26H18F5N3O2S2. The van der Waals surface area contributed by atoms with Gasteiger partial charge in [0.25, 0.3) is 5.56 Å². The summed E-state index contributed by atoms with van der Waals surface area (Å²) in [5.74, 6) is -1.45. The molecular weight excluding hydrogens is 545 g/mol. The largest absolute Gasteiger partial charge is 0.417 e. The molecule has 0 saturated carbocycles.